The Labute approximate surface area is 175 Å². The standard InChI is InChI=1S/C23H23N7/c1-3-19-22-28-25-15-29(22)20-14-24-23(26-16(2)17-10-6-4-7-11-17)27-21(20)30(19)18-12-8-5-9-13-18/h4-16,19H,3H2,1-2H3,(H,24,26,27). The molecule has 2 aromatic heterocycles. The summed E-state index contributed by atoms with van der Waals surface area (Å²) in [5.41, 5.74) is 3.13. The van der Waals surface area contributed by atoms with E-state index < -0.39 is 0 Å². The number of hydrogen-bond acceptors (Lipinski definition) is 6. The van der Waals surface area contributed by atoms with E-state index in [4.69, 9.17) is 4.98 Å². The molecule has 3 heterocycles. The third-order valence-corrected chi connectivity index (χ3v) is 5.49. The number of nitrogens with zero attached hydrogens (tertiary/aromatic N) is 6. The Morgan fingerprint density at radius 3 is 2.50 bits per heavy atom. The molecule has 7 heteroatoms. The van der Waals surface area contributed by atoms with Crippen molar-refractivity contribution in [2.24, 2.45) is 0 Å². The van der Waals surface area contributed by atoms with E-state index in [1.807, 2.05) is 47.2 Å². The third kappa shape index (κ3) is 3.08. The van der Waals surface area contributed by atoms with Crippen LogP contribution in [0.5, 0.6) is 0 Å². The molecular weight excluding hydrogens is 374 g/mol. The Bertz CT molecular complexity index is 1140. The molecule has 150 valence electrons. The summed E-state index contributed by atoms with van der Waals surface area (Å²) in [5.74, 6) is 2.34. The van der Waals surface area contributed by atoms with Crippen molar-refractivity contribution < 1.29 is 0 Å². The first-order valence-corrected chi connectivity index (χ1v) is 10.2. The second-order valence-corrected chi connectivity index (χ2v) is 7.37. The van der Waals surface area contributed by atoms with E-state index in [9.17, 15) is 0 Å². The van der Waals surface area contributed by atoms with Crippen molar-refractivity contribution in [2.45, 2.75) is 32.4 Å². The van der Waals surface area contributed by atoms with Crippen molar-refractivity contribution in [1.29, 1.82) is 0 Å². The van der Waals surface area contributed by atoms with Crippen LogP contribution in [0.3, 0.4) is 0 Å². The van der Waals surface area contributed by atoms with Crippen LogP contribution in [0, 0.1) is 0 Å². The van der Waals surface area contributed by atoms with Crippen LogP contribution in [0.1, 0.15) is 43.7 Å². The number of para-hydroxylation sites is 1. The van der Waals surface area contributed by atoms with Crippen LogP contribution in [0.2, 0.25) is 0 Å². The van der Waals surface area contributed by atoms with Crippen molar-refractivity contribution in [3.8, 4) is 5.69 Å². The summed E-state index contributed by atoms with van der Waals surface area (Å²) in [6.07, 6.45) is 4.46. The summed E-state index contributed by atoms with van der Waals surface area (Å²) < 4.78 is 1.99. The molecule has 0 saturated carbocycles. The van der Waals surface area contributed by atoms with Crippen LogP contribution in [0.15, 0.2) is 73.2 Å². The van der Waals surface area contributed by atoms with Gasteiger partial charge in [-0.05, 0) is 31.0 Å². The lowest BCUT2D eigenvalue weighted by Gasteiger charge is -2.36. The zero-order valence-electron chi connectivity index (χ0n) is 17.0. The molecule has 0 amide bonds. The average molecular weight is 397 g/mol. The van der Waals surface area contributed by atoms with E-state index in [-0.39, 0.29) is 12.1 Å². The lowest BCUT2D eigenvalue weighted by molar-refractivity contribution is 0.589. The Balaban J connectivity index is 1.59. The van der Waals surface area contributed by atoms with E-state index in [2.05, 4.69) is 63.5 Å². The first-order chi connectivity index (χ1) is 14.8. The largest absolute Gasteiger partial charge is 0.348 e. The van der Waals surface area contributed by atoms with E-state index in [0.29, 0.717) is 5.95 Å². The zero-order chi connectivity index (χ0) is 20.5. The van der Waals surface area contributed by atoms with Gasteiger partial charge in [0.1, 0.15) is 12.0 Å². The van der Waals surface area contributed by atoms with E-state index >= 15 is 0 Å². The molecule has 0 radical (unpaired) electrons. The first kappa shape index (κ1) is 18.3. The van der Waals surface area contributed by atoms with Gasteiger partial charge in [0.2, 0.25) is 5.95 Å². The number of fused-ring (bicyclic) bond motifs is 3. The molecule has 2 aromatic carbocycles. The third-order valence-electron chi connectivity index (χ3n) is 5.49. The van der Waals surface area contributed by atoms with Crippen LogP contribution < -0.4 is 10.2 Å². The maximum Gasteiger partial charge on any atom is 0.225 e. The Hall–Kier alpha value is -3.74. The fourth-order valence-corrected chi connectivity index (χ4v) is 3.98. The summed E-state index contributed by atoms with van der Waals surface area (Å²) >= 11 is 0. The van der Waals surface area contributed by atoms with E-state index in [1.54, 1.807) is 6.33 Å². The number of aromatic nitrogens is 5. The molecule has 2 atom stereocenters. The van der Waals surface area contributed by atoms with Crippen molar-refractivity contribution in [3.05, 3.63) is 84.6 Å². The highest BCUT2D eigenvalue weighted by Gasteiger charge is 2.34. The van der Waals surface area contributed by atoms with E-state index in [1.165, 1.54) is 5.56 Å². The highest BCUT2D eigenvalue weighted by molar-refractivity contribution is 5.72. The number of rotatable bonds is 5. The number of hydrogen-bond donors (Lipinski definition) is 1. The van der Waals surface area contributed by atoms with Gasteiger partial charge in [0.15, 0.2) is 11.6 Å². The lowest BCUT2D eigenvalue weighted by Crippen LogP contribution is -2.32. The molecule has 0 saturated heterocycles. The minimum atomic E-state index is 0.0386. The Morgan fingerprint density at radius 2 is 1.77 bits per heavy atom. The highest BCUT2D eigenvalue weighted by Crippen LogP contribution is 2.42. The Morgan fingerprint density at radius 1 is 1.03 bits per heavy atom. The van der Waals surface area contributed by atoms with Gasteiger partial charge in [-0.25, -0.2) is 4.98 Å². The molecule has 7 nitrogen and oxygen atoms in total. The second kappa shape index (κ2) is 7.59. The van der Waals surface area contributed by atoms with Crippen molar-refractivity contribution in [3.63, 3.8) is 0 Å². The van der Waals surface area contributed by atoms with Gasteiger partial charge in [-0.1, -0.05) is 55.5 Å². The molecular formula is C23H23N7. The summed E-state index contributed by atoms with van der Waals surface area (Å²) in [6, 6.07) is 20.7. The summed E-state index contributed by atoms with van der Waals surface area (Å²) in [5, 5.41) is 12.0. The van der Waals surface area contributed by atoms with Gasteiger partial charge in [-0.15, -0.1) is 10.2 Å². The van der Waals surface area contributed by atoms with Gasteiger partial charge in [-0.2, -0.15) is 4.98 Å². The molecule has 0 aliphatic carbocycles. The number of benzene rings is 2. The maximum absolute atomic E-state index is 4.94. The van der Waals surface area contributed by atoms with Gasteiger partial charge in [0.25, 0.3) is 0 Å². The van der Waals surface area contributed by atoms with Crippen LogP contribution in [-0.2, 0) is 0 Å². The minimum Gasteiger partial charge on any atom is -0.348 e. The molecule has 5 rings (SSSR count). The summed E-state index contributed by atoms with van der Waals surface area (Å²) in [6.45, 7) is 4.27. The quantitative estimate of drug-likeness (QED) is 0.520. The van der Waals surface area contributed by atoms with Gasteiger partial charge in [-0.3, -0.25) is 4.57 Å². The van der Waals surface area contributed by atoms with Crippen LogP contribution in [0.25, 0.3) is 5.69 Å². The lowest BCUT2D eigenvalue weighted by atomic mass is 10.1. The predicted octanol–water partition coefficient (Wildman–Crippen LogP) is 4.83. The average Bonchev–Trinajstić information content (AvgIpc) is 3.29. The molecule has 0 spiro atoms. The van der Waals surface area contributed by atoms with Crippen LogP contribution in [-0.4, -0.2) is 24.7 Å². The van der Waals surface area contributed by atoms with Crippen molar-refractivity contribution >= 4 is 17.5 Å². The van der Waals surface area contributed by atoms with Crippen molar-refractivity contribution in [1.82, 2.24) is 24.7 Å². The fraction of sp³-hybridized carbons (Fsp3) is 0.217. The molecule has 0 bridgehead atoms. The maximum atomic E-state index is 4.94. The van der Waals surface area contributed by atoms with E-state index in [0.717, 1.165) is 29.4 Å². The van der Waals surface area contributed by atoms with Gasteiger partial charge in [0, 0.05) is 5.69 Å². The topological polar surface area (TPSA) is 71.8 Å². The second-order valence-electron chi connectivity index (χ2n) is 7.37. The fourth-order valence-electron chi connectivity index (χ4n) is 3.98. The predicted molar refractivity (Wildman–Crippen MR) is 117 cm³/mol. The monoisotopic (exact) mass is 397 g/mol. The molecule has 1 N–H and O–H groups in total. The van der Waals surface area contributed by atoms with Crippen LogP contribution >= 0.6 is 0 Å². The zero-order valence-corrected chi connectivity index (χ0v) is 17.0. The summed E-state index contributed by atoms with van der Waals surface area (Å²) in [4.78, 5) is 11.8. The molecule has 2 unspecified atom stereocenters. The Kier molecular flexibility index (Phi) is 4.63. The SMILES string of the molecule is CCC1c2nncn2-c2cnc(NC(C)c3ccccc3)nc2N1c1ccccc1. The first-order valence-electron chi connectivity index (χ1n) is 10.2. The molecule has 1 aliphatic heterocycles. The highest BCUT2D eigenvalue weighted by atomic mass is 15.4. The summed E-state index contributed by atoms with van der Waals surface area (Å²) in [7, 11) is 0. The normalized spacial score (nSPS) is 15.9. The van der Waals surface area contributed by atoms with Gasteiger partial charge >= 0.3 is 0 Å². The van der Waals surface area contributed by atoms with Gasteiger partial charge < -0.3 is 10.2 Å². The molecule has 4 aromatic rings. The molecule has 30 heavy (non-hydrogen) atoms. The van der Waals surface area contributed by atoms with Crippen LogP contribution in [0.4, 0.5) is 17.5 Å². The van der Waals surface area contributed by atoms with Crippen molar-refractivity contribution in [2.75, 3.05) is 10.2 Å². The smallest absolute Gasteiger partial charge is 0.225 e. The molecule has 0 fully saturated rings. The molecule has 1 aliphatic rings. The van der Waals surface area contributed by atoms with Gasteiger partial charge in [0.05, 0.1) is 18.3 Å². The number of nitrogens with one attached hydrogen (secondary N) is 1. The number of anilines is 3. The minimum absolute atomic E-state index is 0.0386.